The minimum absolute atomic E-state index is 0.0438. The lowest BCUT2D eigenvalue weighted by Crippen LogP contribution is -1.98. The molecule has 0 fully saturated rings. The average molecular weight is 244 g/mol. The molecule has 5 nitrogen and oxygen atoms in total. The molecule has 0 bridgehead atoms. The third-order valence-corrected chi connectivity index (χ3v) is 2.66. The summed E-state index contributed by atoms with van der Waals surface area (Å²) in [6, 6.07) is 0. The summed E-state index contributed by atoms with van der Waals surface area (Å²) in [5.74, 6) is -0.285. The maximum absolute atomic E-state index is 10.4. The van der Waals surface area contributed by atoms with Gasteiger partial charge in [-0.2, -0.15) is 5.10 Å². The van der Waals surface area contributed by atoms with Gasteiger partial charge >= 0.3 is 5.97 Å². The topological polar surface area (TPSA) is 68.0 Å². The Hall–Kier alpha value is -1.40. The number of halogens is 1. The SMILES string of the molecule is O=C(O)Cc1cnn(-c2csc(Cl)n2)c1. The predicted octanol–water partition coefficient (Wildman–Crippen LogP) is 1.61. The fourth-order valence-corrected chi connectivity index (χ4v) is 1.83. The van der Waals surface area contributed by atoms with E-state index in [1.807, 2.05) is 0 Å². The molecule has 0 aliphatic rings. The molecule has 0 atom stereocenters. The van der Waals surface area contributed by atoms with Crippen LogP contribution in [0.4, 0.5) is 0 Å². The largest absolute Gasteiger partial charge is 0.481 e. The summed E-state index contributed by atoms with van der Waals surface area (Å²) in [7, 11) is 0. The van der Waals surface area contributed by atoms with Crippen molar-refractivity contribution in [1.82, 2.24) is 14.8 Å². The standard InChI is InChI=1S/C8H6ClN3O2S/c9-8-11-6(4-15-8)12-3-5(2-10-12)1-7(13)14/h2-4H,1H2,(H,13,14). The first kappa shape index (κ1) is 10.1. The number of aliphatic carboxylic acids is 1. The van der Waals surface area contributed by atoms with Crippen molar-refractivity contribution in [3.63, 3.8) is 0 Å². The second-order valence-electron chi connectivity index (χ2n) is 2.82. The summed E-state index contributed by atoms with van der Waals surface area (Å²) < 4.78 is 1.93. The van der Waals surface area contributed by atoms with Crippen molar-refractivity contribution < 1.29 is 9.90 Å². The highest BCUT2D eigenvalue weighted by atomic mass is 35.5. The van der Waals surface area contributed by atoms with E-state index in [-0.39, 0.29) is 6.42 Å². The normalized spacial score (nSPS) is 10.5. The van der Waals surface area contributed by atoms with Gasteiger partial charge in [0.05, 0.1) is 12.6 Å². The van der Waals surface area contributed by atoms with Crippen molar-refractivity contribution in [1.29, 1.82) is 0 Å². The molecule has 2 heterocycles. The van der Waals surface area contributed by atoms with Gasteiger partial charge in [0, 0.05) is 17.1 Å². The van der Waals surface area contributed by atoms with Crippen LogP contribution in [0.25, 0.3) is 5.82 Å². The summed E-state index contributed by atoms with van der Waals surface area (Å²) >= 11 is 6.97. The van der Waals surface area contributed by atoms with Crippen molar-refractivity contribution in [3.8, 4) is 5.82 Å². The van der Waals surface area contributed by atoms with Gasteiger partial charge in [-0.3, -0.25) is 4.79 Å². The number of aromatic nitrogens is 3. The Labute approximate surface area is 93.9 Å². The van der Waals surface area contributed by atoms with Crippen LogP contribution in [0.15, 0.2) is 17.8 Å². The van der Waals surface area contributed by atoms with E-state index in [9.17, 15) is 4.79 Å². The van der Waals surface area contributed by atoms with Gasteiger partial charge < -0.3 is 5.11 Å². The van der Waals surface area contributed by atoms with E-state index >= 15 is 0 Å². The highest BCUT2D eigenvalue weighted by Crippen LogP contribution is 2.17. The van der Waals surface area contributed by atoms with Gasteiger partial charge in [0.15, 0.2) is 10.3 Å². The third kappa shape index (κ3) is 2.34. The second kappa shape index (κ2) is 4.00. The van der Waals surface area contributed by atoms with Gasteiger partial charge in [-0.05, 0) is 0 Å². The van der Waals surface area contributed by atoms with E-state index in [0.717, 1.165) is 0 Å². The summed E-state index contributed by atoms with van der Waals surface area (Å²) in [6.45, 7) is 0. The van der Waals surface area contributed by atoms with Crippen LogP contribution in [0.3, 0.4) is 0 Å². The molecule has 0 amide bonds. The van der Waals surface area contributed by atoms with Gasteiger partial charge in [0.25, 0.3) is 0 Å². The van der Waals surface area contributed by atoms with Gasteiger partial charge in [0.1, 0.15) is 0 Å². The van der Waals surface area contributed by atoms with Crippen molar-refractivity contribution in [2.24, 2.45) is 0 Å². The molecule has 0 aliphatic heterocycles. The number of carboxylic acid groups (broad SMARTS) is 1. The Morgan fingerprint density at radius 3 is 3.07 bits per heavy atom. The van der Waals surface area contributed by atoms with Crippen LogP contribution in [0.2, 0.25) is 4.47 Å². The van der Waals surface area contributed by atoms with Crippen LogP contribution in [0, 0.1) is 0 Å². The molecule has 0 saturated heterocycles. The Morgan fingerprint density at radius 1 is 1.67 bits per heavy atom. The van der Waals surface area contributed by atoms with E-state index in [4.69, 9.17) is 16.7 Å². The molecule has 0 saturated carbocycles. The number of hydrogen-bond donors (Lipinski definition) is 1. The molecule has 0 radical (unpaired) electrons. The monoisotopic (exact) mass is 243 g/mol. The fraction of sp³-hybridized carbons (Fsp3) is 0.125. The highest BCUT2D eigenvalue weighted by Gasteiger charge is 2.06. The van der Waals surface area contributed by atoms with E-state index in [2.05, 4.69) is 10.1 Å². The molecule has 2 aromatic heterocycles. The molecule has 0 unspecified atom stereocenters. The maximum atomic E-state index is 10.4. The summed E-state index contributed by atoms with van der Waals surface area (Å²) in [4.78, 5) is 14.5. The first-order valence-corrected chi connectivity index (χ1v) is 5.27. The van der Waals surface area contributed by atoms with E-state index < -0.39 is 5.97 Å². The van der Waals surface area contributed by atoms with E-state index in [1.165, 1.54) is 22.2 Å². The first-order valence-electron chi connectivity index (χ1n) is 4.02. The van der Waals surface area contributed by atoms with Gasteiger partial charge in [-0.1, -0.05) is 11.6 Å². The van der Waals surface area contributed by atoms with Crippen LogP contribution in [-0.2, 0) is 11.2 Å². The molecule has 7 heteroatoms. The third-order valence-electron chi connectivity index (χ3n) is 1.69. The molecular formula is C8H6ClN3O2S. The lowest BCUT2D eigenvalue weighted by Gasteiger charge is -1.92. The zero-order valence-corrected chi connectivity index (χ0v) is 8.99. The maximum Gasteiger partial charge on any atom is 0.307 e. The number of nitrogens with zero attached hydrogens (tertiary/aromatic N) is 3. The van der Waals surface area contributed by atoms with Crippen molar-refractivity contribution >= 4 is 28.9 Å². The van der Waals surface area contributed by atoms with Crippen LogP contribution in [0.5, 0.6) is 0 Å². The molecule has 2 aromatic rings. The molecule has 0 aromatic carbocycles. The Bertz CT molecular complexity index is 494. The van der Waals surface area contributed by atoms with Crippen LogP contribution in [0.1, 0.15) is 5.56 Å². The molecule has 78 valence electrons. The molecule has 2 rings (SSSR count). The zero-order valence-electron chi connectivity index (χ0n) is 7.42. The second-order valence-corrected chi connectivity index (χ2v) is 4.26. The molecule has 0 spiro atoms. The smallest absolute Gasteiger partial charge is 0.307 e. The number of rotatable bonds is 3. The fourth-order valence-electron chi connectivity index (χ4n) is 1.10. The molecular weight excluding hydrogens is 238 g/mol. The minimum atomic E-state index is -0.883. The van der Waals surface area contributed by atoms with Gasteiger partial charge in [-0.15, -0.1) is 11.3 Å². The number of thiazole rings is 1. The van der Waals surface area contributed by atoms with Crippen molar-refractivity contribution in [2.45, 2.75) is 6.42 Å². The molecule has 1 N–H and O–H groups in total. The predicted molar refractivity (Wildman–Crippen MR) is 55.6 cm³/mol. The lowest BCUT2D eigenvalue weighted by atomic mass is 10.3. The Balaban J connectivity index is 2.23. The number of carbonyl (C=O) groups is 1. The van der Waals surface area contributed by atoms with E-state index in [0.29, 0.717) is 15.8 Å². The quantitative estimate of drug-likeness (QED) is 0.889. The van der Waals surface area contributed by atoms with Crippen molar-refractivity contribution in [3.05, 3.63) is 27.8 Å². The van der Waals surface area contributed by atoms with Gasteiger partial charge in [0.2, 0.25) is 0 Å². The van der Waals surface area contributed by atoms with Crippen LogP contribution >= 0.6 is 22.9 Å². The van der Waals surface area contributed by atoms with Crippen molar-refractivity contribution in [2.75, 3.05) is 0 Å². The van der Waals surface area contributed by atoms with Gasteiger partial charge in [-0.25, -0.2) is 9.67 Å². The Kier molecular flexibility index (Phi) is 2.70. The zero-order chi connectivity index (χ0) is 10.8. The van der Waals surface area contributed by atoms with Crippen LogP contribution in [-0.4, -0.2) is 25.8 Å². The molecule has 15 heavy (non-hydrogen) atoms. The minimum Gasteiger partial charge on any atom is -0.481 e. The van der Waals surface area contributed by atoms with E-state index in [1.54, 1.807) is 11.6 Å². The molecule has 0 aliphatic carbocycles. The summed E-state index contributed by atoms with van der Waals surface area (Å²) in [6.07, 6.45) is 3.08. The highest BCUT2D eigenvalue weighted by molar-refractivity contribution is 7.14. The summed E-state index contributed by atoms with van der Waals surface area (Å²) in [5.41, 5.74) is 0.631. The summed E-state index contributed by atoms with van der Waals surface area (Å²) in [5, 5.41) is 14.3. The Morgan fingerprint density at radius 2 is 2.47 bits per heavy atom. The average Bonchev–Trinajstić information content (AvgIpc) is 2.72. The first-order chi connectivity index (χ1) is 7.15. The lowest BCUT2D eigenvalue weighted by molar-refractivity contribution is -0.136. The van der Waals surface area contributed by atoms with Crippen LogP contribution < -0.4 is 0 Å². The number of carboxylic acids is 1. The number of hydrogen-bond acceptors (Lipinski definition) is 4.